The molecule has 0 N–H and O–H groups in total. The largest absolute Gasteiger partial charge is 4.00 e. The van der Waals surface area contributed by atoms with E-state index < -0.39 is 26.5 Å². The van der Waals surface area contributed by atoms with E-state index >= 15 is 0 Å². The van der Waals surface area contributed by atoms with Crippen LogP contribution in [0.5, 0.6) is 0 Å². The zero-order chi connectivity index (χ0) is 15.0. The Hall–Kier alpha value is -0.117. The van der Waals surface area contributed by atoms with Crippen LogP contribution in [0, 0.1) is 0 Å². The van der Waals surface area contributed by atoms with Crippen molar-refractivity contribution in [3.05, 3.63) is 54.1 Å². The summed E-state index contributed by atoms with van der Waals surface area (Å²) in [7, 11) is -11.3. The van der Waals surface area contributed by atoms with E-state index in [-0.39, 0.29) is 26.2 Å². The van der Waals surface area contributed by atoms with Gasteiger partial charge in [-0.1, -0.05) is 63.8 Å². The second-order valence-electron chi connectivity index (χ2n) is 4.44. The minimum absolute atomic E-state index is 0. The summed E-state index contributed by atoms with van der Waals surface area (Å²) >= 11 is 0. The second-order valence-corrected chi connectivity index (χ2v) is 8.38. The van der Waals surface area contributed by atoms with Crippen molar-refractivity contribution >= 4 is 20.8 Å². The zero-order valence-corrected chi connectivity index (χ0v) is 14.9. The van der Waals surface area contributed by atoms with Gasteiger partial charge in [0.1, 0.15) is 0 Å². The molecule has 0 bridgehead atoms. The normalized spacial score (nSPS) is 17.8. The van der Waals surface area contributed by atoms with Crippen molar-refractivity contribution in [3.63, 3.8) is 0 Å². The van der Waals surface area contributed by atoms with Crippen molar-refractivity contribution in [1.82, 2.24) is 0 Å². The molecule has 1 aromatic rings. The van der Waals surface area contributed by atoms with Crippen LogP contribution in [0.1, 0.15) is 12.0 Å². The van der Waals surface area contributed by atoms with Gasteiger partial charge in [-0.25, -0.2) is 0 Å². The molecule has 1 aliphatic rings. The molecule has 0 radical (unpaired) electrons. The molecular formula is C12H10O6P2Zr. The van der Waals surface area contributed by atoms with E-state index in [0.29, 0.717) is 11.6 Å². The summed E-state index contributed by atoms with van der Waals surface area (Å²) in [6.07, 6.45) is 2.49. The van der Waals surface area contributed by atoms with Gasteiger partial charge in [0.15, 0.2) is 0 Å². The molecule has 108 valence electrons. The topological polar surface area (TPSA) is 126 Å². The first-order valence-corrected chi connectivity index (χ1v) is 8.75. The van der Waals surface area contributed by atoms with Crippen LogP contribution >= 0.6 is 15.2 Å². The van der Waals surface area contributed by atoms with Gasteiger partial charge in [-0.15, -0.1) is 0 Å². The molecule has 0 heterocycles. The zero-order valence-electron chi connectivity index (χ0n) is 10.7. The van der Waals surface area contributed by atoms with Crippen LogP contribution in [0.15, 0.2) is 48.6 Å². The van der Waals surface area contributed by atoms with Gasteiger partial charge in [-0.2, -0.15) is 0 Å². The van der Waals surface area contributed by atoms with E-state index in [1.165, 1.54) is 12.2 Å². The van der Waals surface area contributed by atoms with Crippen molar-refractivity contribution < 1.29 is 54.9 Å². The first-order chi connectivity index (χ1) is 9.17. The van der Waals surface area contributed by atoms with Crippen LogP contribution in [-0.2, 0) is 35.3 Å². The van der Waals surface area contributed by atoms with E-state index in [1.54, 1.807) is 30.3 Å². The number of hydrogen-bond acceptors (Lipinski definition) is 6. The van der Waals surface area contributed by atoms with Gasteiger partial charge in [0.05, 0.1) is 0 Å². The van der Waals surface area contributed by atoms with Crippen LogP contribution in [0.3, 0.4) is 0 Å². The van der Waals surface area contributed by atoms with Gasteiger partial charge in [-0.3, -0.25) is 0 Å². The number of allylic oxidation sites excluding steroid dienone is 4. The fraction of sp³-hybridized carbons (Fsp3) is 0.167. The van der Waals surface area contributed by atoms with Crippen LogP contribution < -0.4 is 19.6 Å². The van der Waals surface area contributed by atoms with Crippen LogP contribution in [0.2, 0.25) is 0 Å². The van der Waals surface area contributed by atoms with Crippen molar-refractivity contribution in [1.29, 1.82) is 0 Å². The van der Waals surface area contributed by atoms with E-state index in [2.05, 4.69) is 0 Å². The molecule has 0 atom stereocenters. The fourth-order valence-electron chi connectivity index (χ4n) is 2.02. The second kappa shape index (κ2) is 6.56. The summed E-state index contributed by atoms with van der Waals surface area (Å²) in [5.74, 6) is 0. The molecule has 0 fully saturated rings. The summed E-state index contributed by atoms with van der Waals surface area (Å²) in [4.78, 5) is 42.0. The van der Waals surface area contributed by atoms with E-state index in [0.717, 1.165) is 5.56 Å². The molecule has 0 saturated carbocycles. The molecule has 0 aromatic heterocycles. The SMILES string of the molecule is O=P([O-])([O-])C1(P(=O)([O-])[O-])C=CC(c2ccccc2)=CC1.[Zr+4]. The maximum Gasteiger partial charge on any atom is 4.00 e. The third-order valence-corrected chi connectivity index (χ3v) is 7.24. The Morgan fingerprint density at radius 1 is 0.952 bits per heavy atom. The average Bonchev–Trinajstić information content (AvgIpc) is 2.37. The third kappa shape index (κ3) is 3.62. The van der Waals surface area contributed by atoms with Crippen LogP contribution in [-0.4, -0.2) is 4.90 Å². The Kier molecular flexibility index (Phi) is 5.91. The summed E-state index contributed by atoms with van der Waals surface area (Å²) in [6.45, 7) is 0. The van der Waals surface area contributed by atoms with Crippen molar-refractivity contribution in [2.75, 3.05) is 0 Å². The average molecular weight is 403 g/mol. The monoisotopic (exact) mass is 402 g/mol. The van der Waals surface area contributed by atoms with Crippen molar-refractivity contribution in [2.45, 2.75) is 11.3 Å². The molecule has 9 heteroatoms. The molecule has 1 aliphatic carbocycles. The van der Waals surface area contributed by atoms with Gasteiger partial charge >= 0.3 is 26.2 Å². The van der Waals surface area contributed by atoms with Gasteiger partial charge in [0.25, 0.3) is 0 Å². The molecular weight excluding hydrogens is 393 g/mol. The van der Waals surface area contributed by atoms with Gasteiger partial charge in [-0.05, 0) is 17.6 Å². The van der Waals surface area contributed by atoms with Gasteiger partial charge in [0, 0.05) is 4.90 Å². The quantitative estimate of drug-likeness (QED) is 0.629. The Bertz CT molecular complexity index is 636. The Labute approximate surface area is 141 Å². The molecule has 21 heavy (non-hydrogen) atoms. The third-order valence-electron chi connectivity index (χ3n) is 3.21. The minimum Gasteiger partial charge on any atom is -0.810 e. The van der Waals surface area contributed by atoms with Gasteiger partial charge in [0.2, 0.25) is 0 Å². The summed E-state index contributed by atoms with van der Waals surface area (Å²) in [5, 5.41) is 0. The summed E-state index contributed by atoms with van der Waals surface area (Å²) < 4.78 is 22.4. The maximum atomic E-state index is 11.2. The maximum absolute atomic E-state index is 11.2. The number of rotatable bonds is 3. The minimum atomic E-state index is -5.63. The first-order valence-electron chi connectivity index (χ1n) is 5.66. The van der Waals surface area contributed by atoms with E-state index in [1.807, 2.05) is 0 Å². The first kappa shape index (κ1) is 18.9. The Morgan fingerprint density at radius 2 is 1.48 bits per heavy atom. The van der Waals surface area contributed by atoms with Crippen molar-refractivity contribution in [3.8, 4) is 0 Å². The Balaban J connectivity index is 0.00000220. The fourth-order valence-corrected chi connectivity index (χ4v) is 4.36. The number of hydrogen-bond donors (Lipinski definition) is 0. The molecule has 2 rings (SSSR count). The molecule has 0 aliphatic heterocycles. The molecule has 0 unspecified atom stereocenters. The smallest absolute Gasteiger partial charge is 0.810 e. The van der Waals surface area contributed by atoms with E-state index in [4.69, 9.17) is 0 Å². The molecule has 0 saturated heterocycles. The van der Waals surface area contributed by atoms with Crippen LogP contribution in [0.25, 0.3) is 5.57 Å². The van der Waals surface area contributed by atoms with E-state index in [9.17, 15) is 28.7 Å². The molecule has 0 amide bonds. The summed E-state index contributed by atoms with van der Waals surface area (Å²) in [5.41, 5.74) is 1.29. The molecule has 0 spiro atoms. The molecule has 6 nitrogen and oxygen atoms in total. The number of benzene rings is 1. The van der Waals surface area contributed by atoms with Gasteiger partial charge < -0.3 is 28.7 Å². The predicted octanol–water partition coefficient (Wildman–Crippen LogP) is -0.449. The Morgan fingerprint density at radius 3 is 1.86 bits per heavy atom. The van der Waals surface area contributed by atoms with Crippen molar-refractivity contribution in [2.24, 2.45) is 0 Å². The standard InChI is InChI=1S/C12H14O6P2.Zr/c13-19(14,15)12(20(16,17)18)8-6-11(7-9-12)10-4-2-1-3-5-10;/h1-8H,9H2,(H2,13,14,15)(H2,16,17,18);/q;+4/p-4. The molecule has 1 aromatic carbocycles. The predicted molar refractivity (Wildman–Crippen MR) is 66.1 cm³/mol. The van der Waals surface area contributed by atoms with Crippen LogP contribution in [0.4, 0.5) is 0 Å². The summed E-state index contributed by atoms with van der Waals surface area (Å²) in [6, 6.07) is 8.78.